The number of hydrogen-bond acceptors (Lipinski definition) is 8. The van der Waals surface area contributed by atoms with Gasteiger partial charge >= 0.3 is 6.09 Å². The molecule has 3 N–H and O–H groups in total. The predicted molar refractivity (Wildman–Crippen MR) is 149 cm³/mol. The first-order valence-electron chi connectivity index (χ1n) is 14.0. The maximum atomic E-state index is 15.0. The summed E-state index contributed by atoms with van der Waals surface area (Å²) < 4.78 is 25.6. The van der Waals surface area contributed by atoms with Gasteiger partial charge in [0, 0.05) is 58.8 Å². The molecule has 2 amide bonds. The second kappa shape index (κ2) is 12.9. The monoisotopic (exact) mass is 555 g/mol. The van der Waals surface area contributed by atoms with Crippen LogP contribution in [0.15, 0.2) is 42.5 Å². The third kappa shape index (κ3) is 6.72. The standard InChI is InChI=1S/C29H38FN5O5/c30-25-17-23(35-20-24(18-31)40-29(35)38)5-6-26(25)33-9-11-34(12-10-33)28(37)8-7-27(36)22-3-1-21(2-4-22)19-32-13-15-39-16-14-32/h1-6,17,24,27,36H,7-16,18-20,31H2/t24-,27?/m0/s1. The van der Waals surface area contributed by atoms with Gasteiger partial charge < -0.3 is 30.1 Å². The molecule has 11 heteroatoms. The average molecular weight is 556 g/mol. The number of carbonyl (C=O) groups is 2. The molecule has 2 atom stereocenters. The van der Waals surface area contributed by atoms with Gasteiger partial charge in [0.2, 0.25) is 5.91 Å². The minimum absolute atomic E-state index is 0.0135. The van der Waals surface area contributed by atoms with E-state index in [0.29, 0.717) is 50.5 Å². The average Bonchev–Trinajstić information content (AvgIpc) is 3.37. The number of carbonyl (C=O) groups excluding carboxylic acids is 2. The molecule has 3 aliphatic rings. The van der Waals surface area contributed by atoms with E-state index in [4.69, 9.17) is 15.2 Å². The number of morpholine rings is 1. The fourth-order valence-corrected chi connectivity index (χ4v) is 5.42. The van der Waals surface area contributed by atoms with Gasteiger partial charge in [0.1, 0.15) is 11.9 Å². The van der Waals surface area contributed by atoms with E-state index >= 15 is 4.39 Å². The highest BCUT2D eigenvalue weighted by Crippen LogP contribution is 2.29. The van der Waals surface area contributed by atoms with Crippen molar-refractivity contribution in [3.8, 4) is 0 Å². The number of halogens is 1. The van der Waals surface area contributed by atoms with Gasteiger partial charge in [-0.05, 0) is 35.7 Å². The van der Waals surface area contributed by atoms with Crippen LogP contribution in [0.25, 0.3) is 0 Å². The van der Waals surface area contributed by atoms with Crippen molar-refractivity contribution in [2.45, 2.75) is 31.6 Å². The molecule has 0 aliphatic carbocycles. The lowest BCUT2D eigenvalue weighted by Crippen LogP contribution is -2.49. The Labute approximate surface area is 234 Å². The highest BCUT2D eigenvalue weighted by atomic mass is 19.1. The van der Waals surface area contributed by atoms with Gasteiger partial charge in [-0.2, -0.15) is 0 Å². The van der Waals surface area contributed by atoms with Gasteiger partial charge in [-0.25, -0.2) is 9.18 Å². The Balaban J connectivity index is 1.07. The zero-order valence-corrected chi connectivity index (χ0v) is 22.7. The van der Waals surface area contributed by atoms with E-state index in [9.17, 15) is 14.7 Å². The number of nitrogens with two attached hydrogens (primary N) is 1. The number of ether oxygens (including phenoxy) is 2. The molecule has 1 unspecified atom stereocenters. The molecule has 0 radical (unpaired) electrons. The van der Waals surface area contributed by atoms with Crippen LogP contribution in [0.3, 0.4) is 0 Å². The Morgan fingerprint density at radius 3 is 2.42 bits per heavy atom. The van der Waals surface area contributed by atoms with E-state index in [-0.39, 0.29) is 18.9 Å². The van der Waals surface area contributed by atoms with Crippen LogP contribution < -0.4 is 15.5 Å². The van der Waals surface area contributed by atoms with Gasteiger partial charge in [-0.1, -0.05) is 24.3 Å². The quantitative estimate of drug-likeness (QED) is 0.484. The van der Waals surface area contributed by atoms with E-state index in [1.54, 1.807) is 17.0 Å². The van der Waals surface area contributed by atoms with Crippen molar-refractivity contribution in [1.29, 1.82) is 0 Å². The van der Waals surface area contributed by atoms with Crippen molar-refractivity contribution in [3.63, 3.8) is 0 Å². The number of amides is 2. The van der Waals surface area contributed by atoms with Gasteiger partial charge in [0.05, 0.1) is 37.2 Å². The Bertz CT molecular complexity index is 1170. The van der Waals surface area contributed by atoms with E-state index in [0.717, 1.165) is 38.4 Å². The van der Waals surface area contributed by atoms with E-state index in [1.807, 2.05) is 29.2 Å². The lowest BCUT2D eigenvalue weighted by atomic mass is 10.0. The van der Waals surface area contributed by atoms with Crippen LogP contribution in [0.2, 0.25) is 0 Å². The molecular weight excluding hydrogens is 517 g/mol. The zero-order valence-electron chi connectivity index (χ0n) is 22.7. The van der Waals surface area contributed by atoms with Crippen LogP contribution in [0.4, 0.5) is 20.6 Å². The van der Waals surface area contributed by atoms with Crippen molar-refractivity contribution in [1.82, 2.24) is 9.80 Å². The van der Waals surface area contributed by atoms with Crippen LogP contribution in [-0.4, -0.2) is 98.6 Å². The van der Waals surface area contributed by atoms with Gasteiger partial charge in [0.25, 0.3) is 0 Å². The van der Waals surface area contributed by atoms with Gasteiger partial charge in [0.15, 0.2) is 0 Å². The minimum Gasteiger partial charge on any atom is -0.443 e. The third-order valence-electron chi connectivity index (χ3n) is 7.86. The van der Waals surface area contributed by atoms with Crippen molar-refractivity contribution >= 4 is 23.4 Å². The third-order valence-corrected chi connectivity index (χ3v) is 7.86. The zero-order chi connectivity index (χ0) is 28.1. The smallest absolute Gasteiger partial charge is 0.414 e. The first kappa shape index (κ1) is 28.3. The molecule has 3 saturated heterocycles. The summed E-state index contributed by atoms with van der Waals surface area (Å²) >= 11 is 0. The predicted octanol–water partition coefficient (Wildman–Crippen LogP) is 2.10. The molecule has 3 fully saturated rings. The molecule has 0 spiro atoms. The van der Waals surface area contributed by atoms with Crippen LogP contribution in [0.1, 0.15) is 30.1 Å². The molecule has 0 aromatic heterocycles. The number of piperazine rings is 1. The lowest BCUT2D eigenvalue weighted by molar-refractivity contribution is -0.132. The SMILES string of the molecule is NC[C@H]1CN(c2ccc(N3CCN(C(=O)CCC(O)c4ccc(CN5CCOCC5)cc4)CC3)c(F)c2)C(=O)O1. The van der Waals surface area contributed by atoms with Crippen molar-refractivity contribution in [2.24, 2.45) is 5.73 Å². The highest BCUT2D eigenvalue weighted by molar-refractivity contribution is 5.90. The van der Waals surface area contributed by atoms with Crippen LogP contribution >= 0.6 is 0 Å². The largest absolute Gasteiger partial charge is 0.443 e. The molecular formula is C29H38FN5O5. The number of anilines is 2. The Morgan fingerprint density at radius 2 is 1.77 bits per heavy atom. The highest BCUT2D eigenvalue weighted by Gasteiger charge is 2.32. The first-order chi connectivity index (χ1) is 19.4. The second-order valence-electron chi connectivity index (χ2n) is 10.5. The lowest BCUT2D eigenvalue weighted by Gasteiger charge is -2.36. The number of aliphatic hydroxyl groups excluding tert-OH is 1. The Hall–Kier alpha value is -3.25. The van der Waals surface area contributed by atoms with E-state index < -0.39 is 24.1 Å². The summed E-state index contributed by atoms with van der Waals surface area (Å²) in [5.74, 6) is -0.444. The molecule has 40 heavy (non-hydrogen) atoms. The maximum absolute atomic E-state index is 15.0. The summed E-state index contributed by atoms with van der Waals surface area (Å²) in [6.07, 6.45) is -1.03. The van der Waals surface area contributed by atoms with E-state index in [2.05, 4.69) is 4.90 Å². The summed E-state index contributed by atoms with van der Waals surface area (Å²) in [7, 11) is 0. The molecule has 0 bridgehead atoms. The first-order valence-corrected chi connectivity index (χ1v) is 14.0. The summed E-state index contributed by atoms with van der Waals surface area (Å²) in [5, 5.41) is 10.7. The molecule has 10 nitrogen and oxygen atoms in total. The summed E-state index contributed by atoms with van der Waals surface area (Å²) in [6.45, 7) is 6.69. The van der Waals surface area contributed by atoms with Crippen LogP contribution in [0.5, 0.6) is 0 Å². The number of rotatable bonds is 9. The molecule has 5 rings (SSSR count). The molecule has 2 aromatic carbocycles. The molecule has 0 saturated carbocycles. The molecule has 2 aromatic rings. The maximum Gasteiger partial charge on any atom is 0.414 e. The minimum atomic E-state index is -0.705. The van der Waals surface area contributed by atoms with Crippen LogP contribution in [-0.2, 0) is 20.8 Å². The number of benzene rings is 2. The topological polar surface area (TPSA) is 112 Å². The molecule has 3 aliphatic heterocycles. The Kier molecular flexibility index (Phi) is 9.15. The summed E-state index contributed by atoms with van der Waals surface area (Å²) in [4.78, 5) is 32.3. The Morgan fingerprint density at radius 1 is 1.05 bits per heavy atom. The van der Waals surface area contributed by atoms with Gasteiger partial charge in [-0.3, -0.25) is 14.6 Å². The van der Waals surface area contributed by atoms with Crippen molar-refractivity contribution in [3.05, 3.63) is 59.4 Å². The number of nitrogens with zero attached hydrogens (tertiary/aromatic N) is 4. The summed E-state index contributed by atoms with van der Waals surface area (Å²) in [6, 6.07) is 12.6. The van der Waals surface area contributed by atoms with E-state index in [1.165, 1.54) is 16.5 Å². The fraction of sp³-hybridized carbons (Fsp3) is 0.517. The summed E-state index contributed by atoms with van der Waals surface area (Å²) in [5.41, 5.74) is 8.45. The number of cyclic esters (lactones) is 1. The second-order valence-corrected chi connectivity index (χ2v) is 10.5. The normalized spacial score (nSPS) is 21.0. The number of hydrogen-bond donors (Lipinski definition) is 2. The van der Waals surface area contributed by atoms with Crippen molar-refractivity contribution < 1.29 is 28.6 Å². The van der Waals surface area contributed by atoms with Gasteiger partial charge in [-0.15, -0.1) is 0 Å². The van der Waals surface area contributed by atoms with Crippen molar-refractivity contribution in [2.75, 3.05) is 75.4 Å². The molecule has 3 heterocycles. The fourth-order valence-electron chi connectivity index (χ4n) is 5.42. The molecule has 216 valence electrons. The number of aliphatic hydroxyl groups is 1. The van der Waals surface area contributed by atoms with Crippen LogP contribution in [0, 0.1) is 5.82 Å².